The molecule has 498 valence electrons. The van der Waals surface area contributed by atoms with Gasteiger partial charge in [-0.25, -0.2) is 35.9 Å². The largest absolute Gasteiger partial charge is 0.484 e. The van der Waals surface area contributed by atoms with E-state index in [0.717, 1.165) is 101 Å². The van der Waals surface area contributed by atoms with Gasteiger partial charge in [0.05, 0.1) is 71.6 Å². The number of piperidine rings is 2. The number of nitrogens with one attached hydrogen (secondary N) is 8. The molecule has 4 aliphatic heterocycles. The average molecular weight is 1350 g/mol. The van der Waals surface area contributed by atoms with E-state index in [4.69, 9.17) is 42.1 Å². The predicted molar refractivity (Wildman–Crippen MR) is 349 cm³/mol. The molecule has 4 heterocycles. The van der Waals surface area contributed by atoms with Gasteiger partial charge in [-0.1, -0.05) is 23.2 Å². The Kier molecular flexibility index (Phi) is 25.1. The molecule has 0 spiro atoms. The normalized spacial score (nSPS) is 21.2. The molecule has 28 heteroatoms. The van der Waals surface area contributed by atoms with Crippen molar-refractivity contribution < 1.29 is 45.4 Å². The van der Waals surface area contributed by atoms with E-state index in [1.807, 2.05) is 12.1 Å². The first-order valence-electron chi connectivity index (χ1n) is 32.2. The zero-order valence-electron chi connectivity index (χ0n) is 51.9. The molecule has 0 unspecified atom stereocenters. The van der Waals surface area contributed by atoms with Crippen molar-refractivity contribution in [1.82, 2.24) is 60.9 Å². The molecule has 92 heavy (non-hydrogen) atoms. The van der Waals surface area contributed by atoms with E-state index < -0.39 is 20.0 Å². The second-order valence-corrected chi connectivity index (χ2v) is 28.5. The number of rotatable bonds is 29. The van der Waals surface area contributed by atoms with E-state index in [9.17, 15) is 36.9 Å². The number of urea groups is 2. The van der Waals surface area contributed by atoms with Crippen molar-refractivity contribution in [1.29, 1.82) is 10.5 Å². The highest BCUT2D eigenvalue weighted by Crippen LogP contribution is 2.43. The van der Waals surface area contributed by atoms with Gasteiger partial charge in [0.1, 0.15) is 23.7 Å². The van der Waals surface area contributed by atoms with Gasteiger partial charge in [0.25, 0.3) is 0 Å². The van der Waals surface area contributed by atoms with Crippen LogP contribution in [0, 0.1) is 22.7 Å². The van der Waals surface area contributed by atoms with Crippen molar-refractivity contribution in [2.45, 2.75) is 97.5 Å². The van der Waals surface area contributed by atoms with Crippen LogP contribution in [0.5, 0.6) is 11.5 Å². The topological polar surface area (TPSA) is 296 Å². The first-order valence-corrected chi connectivity index (χ1v) is 35.9. The fourth-order valence-electron chi connectivity index (χ4n) is 13.1. The number of fused-ring (bicyclic) bond motifs is 2. The lowest BCUT2D eigenvalue weighted by atomic mass is 10.0. The van der Waals surface area contributed by atoms with Gasteiger partial charge in [0, 0.05) is 114 Å². The summed E-state index contributed by atoms with van der Waals surface area (Å²) in [5.41, 5.74) is 4.79. The molecule has 4 amide bonds. The fraction of sp³-hybridized carbons (Fsp3) is 0.562. The zero-order valence-corrected chi connectivity index (χ0v) is 55.1. The molecule has 4 saturated heterocycles. The lowest BCUT2D eigenvalue weighted by Gasteiger charge is -2.36. The number of piperazine rings is 2. The van der Waals surface area contributed by atoms with Crippen molar-refractivity contribution >= 4 is 55.3 Å². The Morgan fingerprint density at radius 2 is 0.891 bits per heavy atom. The van der Waals surface area contributed by atoms with Crippen LogP contribution in [0.4, 0.5) is 9.59 Å². The smallest absolute Gasteiger partial charge is 0.314 e. The lowest BCUT2D eigenvalue weighted by molar-refractivity contribution is 0.0693. The maximum Gasteiger partial charge on any atom is 0.314 e. The first kappa shape index (κ1) is 68.9. The van der Waals surface area contributed by atoms with Crippen molar-refractivity contribution in [3.63, 3.8) is 0 Å². The number of ether oxygens (including phenoxy) is 4. The number of amides is 4. The molecular formula is C64H86Cl2N14O10S2. The molecule has 0 saturated carbocycles. The zero-order chi connectivity index (χ0) is 64.5. The number of halogens is 2. The van der Waals surface area contributed by atoms with Gasteiger partial charge >= 0.3 is 12.1 Å². The highest BCUT2D eigenvalue weighted by atomic mass is 35.5. The van der Waals surface area contributed by atoms with Gasteiger partial charge < -0.3 is 60.6 Å². The molecule has 4 aromatic carbocycles. The molecule has 2 aliphatic carbocycles. The summed E-state index contributed by atoms with van der Waals surface area (Å²) in [6.07, 6.45) is 4.60. The molecule has 10 rings (SSSR count). The molecule has 0 radical (unpaired) electrons. The van der Waals surface area contributed by atoms with Crippen LogP contribution in [-0.2, 0) is 42.4 Å². The molecular weight excluding hydrogens is 1260 g/mol. The highest BCUT2D eigenvalue weighted by molar-refractivity contribution is 7.89. The number of hydrogen-bond donors (Lipinski definition) is 8. The van der Waals surface area contributed by atoms with E-state index in [0.29, 0.717) is 150 Å². The highest BCUT2D eigenvalue weighted by Gasteiger charge is 2.42. The Balaban J connectivity index is 0.511. The number of nitrogens with zero attached hydrogens (tertiary/aromatic N) is 6. The van der Waals surface area contributed by atoms with Crippen LogP contribution in [-0.4, -0.2) is 217 Å². The van der Waals surface area contributed by atoms with Crippen LogP contribution in [0.2, 0.25) is 10.0 Å². The summed E-state index contributed by atoms with van der Waals surface area (Å²) in [7, 11) is -7.56. The van der Waals surface area contributed by atoms with Gasteiger partial charge in [0.15, 0.2) is 0 Å². The van der Waals surface area contributed by atoms with E-state index >= 15 is 0 Å². The van der Waals surface area contributed by atoms with Crippen molar-refractivity contribution in [3.8, 4) is 23.6 Å². The van der Waals surface area contributed by atoms with Crippen molar-refractivity contribution in [2.75, 3.05) is 144 Å². The maximum atomic E-state index is 13.5. The molecule has 4 aromatic rings. The number of carbonyl (C=O) groups is 2. The van der Waals surface area contributed by atoms with Gasteiger partial charge in [-0.2, -0.15) is 10.5 Å². The van der Waals surface area contributed by atoms with Gasteiger partial charge in [-0.3, -0.25) is 9.80 Å². The third-order valence-corrected chi connectivity index (χ3v) is 21.6. The quantitative estimate of drug-likeness (QED) is 0.0353. The predicted octanol–water partition coefficient (Wildman–Crippen LogP) is 4.23. The summed E-state index contributed by atoms with van der Waals surface area (Å²) in [4.78, 5) is 34.2. The first-order chi connectivity index (χ1) is 44.6. The number of unbranched alkanes of at least 4 members (excludes halogenated alkanes) is 1. The van der Waals surface area contributed by atoms with Crippen molar-refractivity contribution in [3.05, 3.63) is 116 Å². The van der Waals surface area contributed by atoms with E-state index in [2.05, 4.69) is 73.1 Å². The van der Waals surface area contributed by atoms with Crippen LogP contribution in [0.1, 0.15) is 84.1 Å². The fourth-order valence-corrected chi connectivity index (χ4v) is 16.2. The summed E-state index contributed by atoms with van der Waals surface area (Å²) in [5.74, 6) is 1.07. The standard InChI is InChI=1S/C64H86Cl2N14O10S2/c65-47-37-45(43-67)55-41-59(79-27-17-69-18-28-79)61(57(55)39-47)89-51-3-7-53(8-4-51)91(83,84)75-49-11-23-77(24-12-49)31-35-87-33-21-73-63(81)71-15-1-2-16-72-64(82)74-22-34-88-36-32-78-25-13-50(14-26-78)76-92(85,86)54-9-5-52(6-10-54)90-62-58-40-48(66)38-46(44-68)56(58)42-60(62)80-29-19-70-20-30-80/h3-10,37-40,49-50,59-62,69-70,75-76H,1-2,11-36,41-42H2,(H2,71,73,81)(H2,72,74,82)/t59-,60-,61-,62-/m0/s1. The van der Waals surface area contributed by atoms with Crippen LogP contribution in [0.3, 0.4) is 0 Å². The number of benzene rings is 4. The third-order valence-electron chi connectivity index (χ3n) is 18.1. The number of hydrogen-bond acceptors (Lipinski definition) is 18. The van der Waals surface area contributed by atoms with Crippen LogP contribution < -0.4 is 50.8 Å². The Hall–Kier alpha value is -5.92. The summed E-state index contributed by atoms with van der Waals surface area (Å²) < 4.78 is 84.5. The van der Waals surface area contributed by atoms with E-state index in [1.165, 1.54) is 0 Å². The van der Waals surface area contributed by atoms with Crippen LogP contribution >= 0.6 is 23.2 Å². The van der Waals surface area contributed by atoms with E-state index in [1.54, 1.807) is 60.7 Å². The Labute approximate surface area is 550 Å². The lowest BCUT2D eigenvalue weighted by Crippen LogP contribution is -2.50. The third kappa shape index (κ3) is 18.9. The van der Waals surface area contributed by atoms with E-state index in [-0.39, 0.29) is 58.2 Å². The SMILES string of the molecule is N#Cc1cc(Cl)cc2c1C[C@H](N1CCNCC1)[C@H]2Oc1ccc(S(=O)(=O)NC2CCN(CCOCCNC(=O)NCCCCNC(=O)NCCOCCN3CCC(NS(=O)(=O)c4ccc(O[C@H]5c6cc(Cl)cc(C#N)c6C[C@@H]5N5CCNCC5)cc4)CC3)CC2)cc1. The van der Waals surface area contributed by atoms with Gasteiger partial charge in [-0.15, -0.1) is 0 Å². The van der Waals surface area contributed by atoms with Crippen LogP contribution in [0.25, 0.3) is 0 Å². The Bertz CT molecular complexity index is 3200. The second kappa shape index (κ2) is 33.5. The minimum atomic E-state index is -3.78. The van der Waals surface area contributed by atoms with Crippen LogP contribution in [0.15, 0.2) is 82.6 Å². The average Bonchev–Trinajstić information content (AvgIpc) is 1.62. The number of sulfonamides is 2. The maximum absolute atomic E-state index is 13.5. The van der Waals surface area contributed by atoms with Gasteiger partial charge in [-0.05, 0) is 173 Å². The summed E-state index contributed by atoms with van der Waals surface area (Å²) in [6, 6.07) is 23.8. The minimum absolute atomic E-state index is 0.0115. The molecule has 4 fully saturated rings. The Morgan fingerprint density at radius 1 is 0.522 bits per heavy atom. The monoisotopic (exact) mass is 1340 g/mol. The van der Waals surface area contributed by atoms with Crippen molar-refractivity contribution in [2.24, 2.45) is 0 Å². The Morgan fingerprint density at radius 3 is 1.26 bits per heavy atom. The molecule has 0 aromatic heterocycles. The number of likely N-dealkylation sites (tertiary alicyclic amines) is 2. The second-order valence-electron chi connectivity index (χ2n) is 24.2. The molecule has 8 N–H and O–H groups in total. The molecule has 0 bridgehead atoms. The molecule has 4 atom stereocenters. The number of carbonyl (C=O) groups excluding carboxylic acids is 2. The van der Waals surface area contributed by atoms with Gasteiger partial charge in [0.2, 0.25) is 20.0 Å². The summed E-state index contributed by atoms with van der Waals surface area (Å²) in [5, 5.41) is 38.7. The summed E-state index contributed by atoms with van der Waals surface area (Å²) in [6.45, 7) is 14.4. The molecule has 6 aliphatic rings. The molecule has 24 nitrogen and oxygen atoms in total. The number of nitriles is 2. The minimum Gasteiger partial charge on any atom is -0.484 e. The summed E-state index contributed by atoms with van der Waals surface area (Å²) >= 11 is 12.9.